The van der Waals surface area contributed by atoms with Crippen molar-refractivity contribution < 1.29 is 0 Å². The molecule has 0 radical (unpaired) electrons. The largest absolute Gasteiger partial charge is 0.367 e. The molecule has 0 spiro atoms. The Balaban J connectivity index is 1.94. The summed E-state index contributed by atoms with van der Waals surface area (Å²) in [5.41, 5.74) is 0.971. The normalized spacial score (nSPS) is 17.1. The van der Waals surface area contributed by atoms with Gasteiger partial charge in [-0.1, -0.05) is 12.1 Å². The van der Waals surface area contributed by atoms with Crippen LogP contribution in [0.1, 0.15) is 18.4 Å². The molecule has 1 aliphatic rings. The molecule has 0 aliphatic carbocycles. The third-order valence-electron chi connectivity index (χ3n) is 2.82. The van der Waals surface area contributed by atoms with E-state index >= 15 is 0 Å². The molecule has 0 saturated carbocycles. The SMILES string of the molecule is N=C(NC1CCNCC1)c1ccc(I)cc1. The van der Waals surface area contributed by atoms with E-state index in [0.29, 0.717) is 11.9 Å². The van der Waals surface area contributed by atoms with Gasteiger partial charge in [0, 0.05) is 15.2 Å². The molecule has 0 bridgehead atoms. The topological polar surface area (TPSA) is 47.9 Å². The van der Waals surface area contributed by atoms with E-state index in [9.17, 15) is 0 Å². The quantitative estimate of drug-likeness (QED) is 0.441. The fourth-order valence-corrected chi connectivity index (χ4v) is 2.23. The zero-order valence-corrected chi connectivity index (χ0v) is 11.3. The highest BCUT2D eigenvalue weighted by Crippen LogP contribution is 2.08. The number of rotatable bonds is 2. The maximum Gasteiger partial charge on any atom is 0.125 e. The third-order valence-corrected chi connectivity index (χ3v) is 3.54. The van der Waals surface area contributed by atoms with Gasteiger partial charge in [-0.15, -0.1) is 0 Å². The van der Waals surface area contributed by atoms with Crippen LogP contribution in [0, 0.1) is 8.98 Å². The van der Waals surface area contributed by atoms with Gasteiger partial charge >= 0.3 is 0 Å². The van der Waals surface area contributed by atoms with Crippen molar-refractivity contribution in [3.05, 3.63) is 33.4 Å². The summed E-state index contributed by atoms with van der Waals surface area (Å²) in [5, 5.41) is 14.6. The first-order valence-electron chi connectivity index (χ1n) is 5.57. The van der Waals surface area contributed by atoms with Crippen molar-refractivity contribution >= 4 is 28.4 Å². The van der Waals surface area contributed by atoms with Crippen LogP contribution in [0.2, 0.25) is 0 Å². The fourth-order valence-electron chi connectivity index (χ4n) is 1.87. The molecule has 16 heavy (non-hydrogen) atoms. The summed E-state index contributed by atoms with van der Waals surface area (Å²) in [6, 6.07) is 8.52. The first-order chi connectivity index (χ1) is 7.75. The Morgan fingerprint density at radius 1 is 1.25 bits per heavy atom. The van der Waals surface area contributed by atoms with E-state index in [4.69, 9.17) is 5.41 Å². The molecule has 1 saturated heterocycles. The smallest absolute Gasteiger partial charge is 0.125 e. The molecule has 1 heterocycles. The van der Waals surface area contributed by atoms with E-state index in [1.54, 1.807) is 0 Å². The molecule has 1 aliphatic heterocycles. The van der Waals surface area contributed by atoms with Gasteiger partial charge in [0.15, 0.2) is 0 Å². The van der Waals surface area contributed by atoms with Crippen LogP contribution < -0.4 is 10.6 Å². The van der Waals surface area contributed by atoms with Crippen molar-refractivity contribution in [2.75, 3.05) is 13.1 Å². The molecule has 1 fully saturated rings. The summed E-state index contributed by atoms with van der Waals surface area (Å²) >= 11 is 2.28. The van der Waals surface area contributed by atoms with Crippen LogP contribution in [-0.2, 0) is 0 Å². The highest BCUT2D eigenvalue weighted by atomic mass is 127. The average Bonchev–Trinajstić information content (AvgIpc) is 2.31. The molecule has 3 N–H and O–H groups in total. The Morgan fingerprint density at radius 3 is 2.50 bits per heavy atom. The lowest BCUT2D eigenvalue weighted by Crippen LogP contribution is -2.42. The maximum atomic E-state index is 8.00. The first kappa shape index (κ1) is 11.9. The zero-order valence-electron chi connectivity index (χ0n) is 9.09. The number of benzene rings is 1. The van der Waals surface area contributed by atoms with E-state index in [1.807, 2.05) is 24.3 Å². The summed E-state index contributed by atoms with van der Waals surface area (Å²) in [7, 11) is 0. The summed E-state index contributed by atoms with van der Waals surface area (Å²) in [5.74, 6) is 0.545. The van der Waals surface area contributed by atoms with Crippen molar-refractivity contribution in [3.63, 3.8) is 0 Å². The van der Waals surface area contributed by atoms with Crippen LogP contribution in [0.4, 0.5) is 0 Å². The van der Waals surface area contributed by atoms with Gasteiger partial charge in [-0.25, -0.2) is 0 Å². The van der Waals surface area contributed by atoms with Crippen LogP contribution in [-0.4, -0.2) is 25.0 Å². The molecule has 0 aromatic heterocycles. The Morgan fingerprint density at radius 2 is 1.88 bits per heavy atom. The van der Waals surface area contributed by atoms with Crippen molar-refractivity contribution in [1.82, 2.24) is 10.6 Å². The molecule has 2 rings (SSSR count). The van der Waals surface area contributed by atoms with Crippen LogP contribution in [0.3, 0.4) is 0 Å². The average molecular weight is 329 g/mol. The summed E-state index contributed by atoms with van der Waals surface area (Å²) in [6.07, 6.45) is 2.21. The molecule has 0 amide bonds. The van der Waals surface area contributed by atoms with Crippen molar-refractivity contribution in [3.8, 4) is 0 Å². The summed E-state index contributed by atoms with van der Waals surface area (Å²) in [4.78, 5) is 0. The second kappa shape index (κ2) is 5.63. The standard InChI is InChI=1S/C12H16IN3/c13-10-3-1-9(2-4-10)12(14)16-11-5-7-15-8-6-11/h1-4,11,15H,5-8H2,(H2,14,16). The van der Waals surface area contributed by atoms with Gasteiger partial charge in [0.1, 0.15) is 5.84 Å². The Kier molecular flexibility index (Phi) is 4.17. The molecule has 0 atom stereocenters. The Bertz CT molecular complexity index is 355. The van der Waals surface area contributed by atoms with Gasteiger partial charge in [0.2, 0.25) is 0 Å². The number of amidine groups is 1. The molecule has 86 valence electrons. The second-order valence-electron chi connectivity index (χ2n) is 4.05. The van der Waals surface area contributed by atoms with Gasteiger partial charge in [-0.05, 0) is 60.7 Å². The summed E-state index contributed by atoms with van der Waals surface area (Å²) < 4.78 is 1.20. The molecular weight excluding hydrogens is 313 g/mol. The van der Waals surface area contributed by atoms with Gasteiger partial charge in [-0.3, -0.25) is 5.41 Å². The van der Waals surface area contributed by atoms with E-state index in [1.165, 1.54) is 3.57 Å². The Hall–Kier alpha value is -0.620. The van der Waals surface area contributed by atoms with Crippen molar-refractivity contribution in [2.45, 2.75) is 18.9 Å². The van der Waals surface area contributed by atoms with Gasteiger partial charge in [-0.2, -0.15) is 0 Å². The van der Waals surface area contributed by atoms with Gasteiger partial charge in [0.25, 0.3) is 0 Å². The van der Waals surface area contributed by atoms with E-state index in [0.717, 1.165) is 31.5 Å². The minimum Gasteiger partial charge on any atom is -0.367 e. The number of hydrogen-bond acceptors (Lipinski definition) is 2. The molecule has 1 aromatic rings. The van der Waals surface area contributed by atoms with E-state index in [2.05, 4.69) is 33.2 Å². The van der Waals surface area contributed by atoms with Crippen molar-refractivity contribution in [2.24, 2.45) is 0 Å². The molecule has 1 aromatic carbocycles. The lowest BCUT2D eigenvalue weighted by Gasteiger charge is -2.24. The third kappa shape index (κ3) is 3.18. The van der Waals surface area contributed by atoms with Crippen LogP contribution in [0.25, 0.3) is 0 Å². The summed E-state index contributed by atoms with van der Waals surface area (Å²) in [6.45, 7) is 2.11. The monoisotopic (exact) mass is 329 g/mol. The minimum absolute atomic E-state index is 0.452. The van der Waals surface area contributed by atoms with Crippen LogP contribution in [0.5, 0.6) is 0 Å². The predicted molar refractivity (Wildman–Crippen MR) is 75.0 cm³/mol. The number of halogens is 1. The fraction of sp³-hybridized carbons (Fsp3) is 0.417. The number of piperidine rings is 1. The van der Waals surface area contributed by atoms with Crippen LogP contribution >= 0.6 is 22.6 Å². The lowest BCUT2D eigenvalue weighted by molar-refractivity contribution is 0.429. The first-order valence-corrected chi connectivity index (χ1v) is 6.65. The number of hydrogen-bond donors (Lipinski definition) is 3. The van der Waals surface area contributed by atoms with E-state index in [-0.39, 0.29) is 0 Å². The highest BCUT2D eigenvalue weighted by Gasteiger charge is 2.14. The molecule has 4 heteroatoms. The van der Waals surface area contributed by atoms with Gasteiger partial charge in [0.05, 0.1) is 0 Å². The zero-order chi connectivity index (χ0) is 11.4. The highest BCUT2D eigenvalue weighted by molar-refractivity contribution is 14.1. The molecule has 3 nitrogen and oxygen atoms in total. The van der Waals surface area contributed by atoms with Crippen LogP contribution in [0.15, 0.2) is 24.3 Å². The van der Waals surface area contributed by atoms with E-state index < -0.39 is 0 Å². The predicted octanol–water partition coefficient (Wildman–Crippen LogP) is 1.96. The minimum atomic E-state index is 0.452. The lowest BCUT2D eigenvalue weighted by atomic mass is 10.1. The molecular formula is C12H16IN3. The second-order valence-corrected chi connectivity index (χ2v) is 5.30. The van der Waals surface area contributed by atoms with Gasteiger partial charge < -0.3 is 10.6 Å². The number of nitrogens with one attached hydrogen (secondary N) is 3. The van der Waals surface area contributed by atoms with Crippen molar-refractivity contribution in [1.29, 1.82) is 5.41 Å². The Labute approximate surface area is 110 Å². The molecule has 0 unspecified atom stereocenters. The maximum absolute atomic E-state index is 8.00.